The molecule has 1 aromatic rings. The van der Waals surface area contributed by atoms with E-state index in [2.05, 4.69) is 10.9 Å². The number of hydrogen-bond donors (Lipinski definition) is 2. The van der Waals surface area contributed by atoms with E-state index in [1.807, 2.05) is 6.92 Å². The summed E-state index contributed by atoms with van der Waals surface area (Å²) < 4.78 is 10.3. The molecule has 2 amide bonds. The zero-order valence-electron chi connectivity index (χ0n) is 11.8. The molecule has 0 aliphatic rings. The van der Waals surface area contributed by atoms with E-state index in [1.54, 1.807) is 31.2 Å². The Morgan fingerprint density at radius 3 is 2.40 bits per heavy atom. The molecule has 0 unspecified atom stereocenters. The summed E-state index contributed by atoms with van der Waals surface area (Å²) >= 11 is 0. The molecule has 0 heterocycles. The van der Waals surface area contributed by atoms with Crippen LogP contribution in [-0.2, 0) is 9.53 Å². The van der Waals surface area contributed by atoms with Crippen molar-refractivity contribution in [1.29, 1.82) is 0 Å². The van der Waals surface area contributed by atoms with E-state index < -0.39 is 11.8 Å². The molecule has 6 nitrogen and oxygen atoms in total. The average Bonchev–Trinajstić information content (AvgIpc) is 2.49. The Bertz CT molecular complexity index is 431. The third-order valence-corrected chi connectivity index (χ3v) is 2.34. The average molecular weight is 280 g/mol. The Morgan fingerprint density at radius 2 is 1.80 bits per heavy atom. The fourth-order valence-electron chi connectivity index (χ4n) is 1.35. The fourth-order valence-corrected chi connectivity index (χ4v) is 1.35. The van der Waals surface area contributed by atoms with E-state index in [0.717, 1.165) is 6.42 Å². The summed E-state index contributed by atoms with van der Waals surface area (Å²) in [7, 11) is 0. The largest absolute Gasteiger partial charge is 0.494 e. The molecule has 0 saturated carbocycles. The monoisotopic (exact) mass is 280 g/mol. The normalized spacial score (nSPS) is 9.90. The molecular formula is C14H20N2O4. The molecule has 20 heavy (non-hydrogen) atoms. The number of ether oxygens (including phenoxy) is 2. The minimum atomic E-state index is -0.400. The minimum Gasteiger partial charge on any atom is -0.494 e. The number of nitrogens with one attached hydrogen (secondary N) is 2. The van der Waals surface area contributed by atoms with Gasteiger partial charge in [-0.05, 0) is 37.6 Å². The second-order valence-corrected chi connectivity index (χ2v) is 4.01. The molecule has 0 fully saturated rings. The summed E-state index contributed by atoms with van der Waals surface area (Å²) in [5.41, 5.74) is 5.02. The van der Waals surface area contributed by atoms with Gasteiger partial charge < -0.3 is 9.47 Å². The van der Waals surface area contributed by atoms with Crippen molar-refractivity contribution in [2.75, 3.05) is 19.8 Å². The highest BCUT2D eigenvalue weighted by atomic mass is 16.5. The Balaban J connectivity index is 2.41. The molecule has 0 bridgehead atoms. The first-order valence-corrected chi connectivity index (χ1v) is 6.57. The summed E-state index contributed by atoms with van der Waals surface area (Å²) in [6.07, 6.45) is 0.925. The van der Waals surface area contributed by atoms with Crippen LogP contribution in [0, 0.1) is 0 Å². The summed E-state index contributed by atoms with van der Waals surface area (Å²) in [6.45, 7) is 4.81. The number of benzene rings is 1. The van der Waals surface area contributed by atoms with Crippen molar-refractivity contribution in [1.82, 2.24) is 10.9 Å². The van der Waals surface area contributed by atoms with Gasteiger partial charge in [0.2, 0.25) is 0 Å². The van der Waals surface area contributed by atoms with Gasteiger partial charge in [-0.15, -0.1) is 0 Å². The molecule has 0 radical (unpaired) electrons. The first kappa shape index (κ1) is 16.0. The van der Waals surface area contributed by atoms with Crippen molar-refractivity contribution < 1.29 is 19.1 Å². The second-order valence-electron chi connectivity index (χ2n) is 4.01. The van der Waals surface area contributed by atoms with Crippen LogP contribution in [0.1, 0.15) is 30.6 Å². The van der Waals surface area contributed by atoms with Gasteiger partial charge in [-0.2, -0.15) is 0 Å². The molecule has 0 aliphatic carbocycles. The molecule has 1 aromatic carbocycles. The van der Waals surface area contributed by atoms with Crippen LogP contribution in [0.4, 0.5) is 0 Å². The molecule has 1 rings (SSSR count). The van der Waals surface area contributed by atoms with Crippen LogP contribution in [-0.4, -0.2) is 31.6 Å². The van der Waals surface area contributed by atoms with Gasteiger partial charge >= 0.3 is 0 Å². The van der Waals surface area contributed by atoms with Gasteiger partial charge in [0.25, 0.3) is 11.8 Å². The second kappa shape index (κ2) is 8.92. The third-order valence-electron chi connectivity index (χ3n) is 2.34. The lowest BCUT2D eigenvalue weighted by Gasteiger charge is -2.08. The highest BCUT2D eigenvalue weighted by molar-refractivity contribution is 5.95. The number of amides is 2. The zero-order valence-corrected chi connectivity index (χ0v) is 11.8. The summed E-state index contributed by atoms with van der Waals surface area (Å²) in [5, 5.41) is 0. The SMILES string of the molecule is CCCOc1ccc(C(=O)NNC(=O)COCC)cc1. The molecule has 0 spiro atoms. The smallest absolute Gasteiger partial charge is 0.269 e. The van der Waals surface area contributed by atoms with Crippen molar-refractivity contribution in [3.05, 3.63) is 29.8 Å². The minimum absolute atomic E-state index is 0.0828. The van der Waals surface area contributed by atoms with Crippen LogP contribution >= 0.6 is 0 Å². The number of carbonyl (C=O) groups excluding carboxylic acids is 2. The van der Waals surface area contributed by atoms with E-state index in [-0.39, 0.29) is 6.61 Å². The Labute approximate surface area is 118 Å². The first-order valence-electron chi connectivity index (χ1n) is 6.57. The van der Waals surface area contributed by atoms with Gasteiger partial charge in [0, 0.05) is 12.2 Å². The van der Waals surface area contributed by atoms with E-state index in [4.69, 9.17) is 9.47 Å². The van der Waals surface area contributed by atoms with Gasteiger partial charge in [-0.25, -0.2) is 0 Å². The topological polar surface area (TPSA) is 76.7 Å². The molecule has 0 saturated heterocycles. The molecule has 2 N–H and O–H groups in total. The maximum Gasteiger partial charge on any atom is 0.269 e. The molecule has 6 heteroatoms. The fraction of sp³-hybridized carbons (Fsp3) is 0.429. The van der Waals surface area contributed by atoms with Crippen molar-refractivity contribution in [3.8, 4) is 5.75 Å². The van der Waals surface area contributed by atoms with Crippen LogP contribution in [0.25, 0.3) is 0 Å². The number of hydrogen-bond acceptors (Lipinski definition) is 4. The van der Waals surface area contributed by atoms with Crippen LogP contribution in [0.15, 0.2) is 24.3 Å². The van der Waals surface area contributed by atoms with Gasteiger partial charge in [0.1, 0.15) is 12.4 Å². The lowest BCUT2D eigenvalue weighted by atomic mass is 10.2. The summed E-state index contributed by atoms with van der Waals surface area (Å²) in [5.74, 6) is -0.0798. The maximum atomic E-state index is 11.7. The van der Waals surface area contributed by atoms with Crippen LogP contribution in [0.3, 0.4) is 0 Å². The molecular weight excluding hydrogens is 260 g/mol. The van der Waals surface area contributed by atoms with Crippen LogP contribution < -0.4 is 15.6 Å². The molecule has 110 valence electrons. The molecule has 0 atom stereocenters. The quantitative estimate of drug-likeness (QED) is 0.737. The van der Waals surface area contributed by atoms with Crippen molar-refractivity contribution in [3.63, 3.8) is 0 Å². The lowest BCUT2D eigenvalue weighted by molar-refractivity contribution is -0.126. The number of carbonyl (C=O) groups is 2. The third kappa shape index (κ3) is 5.71. The Morgan fingerprint density at radius 1 is 1.10 bits per heavy atom. The van der Waals surface area contributed by atoms with Crippen LogP contribution in [0.5, 0.6) is 5.75 Å². The van der Waals surface area contributed by atoms with Crippen LogP contribution in [0.2, 0.25) is 0 Å². The van der Waals surface area contributed by atoms with E-state index in [9.17, 15) is 9.59 Å². The highest BCUT2D eigenvalue weighted by Crippen LogP contribution is 2.12. The summed E-state index contributed by atoms with van der Waals surface area (Å²) in [6, 6.07) is 6.70. The zero-order chi connectivity index (χ0) is 14.8. The van der Waals surface area contributed by atoms with Gasteiger partial charge in [-0.3, -0.25) is 20.4 Å². The predicted octanol–water partition coefficient (Wildman–Crippen LogP) is 1.27. The van der Waals surface area contributed by atoms with E-state index >= 15 is 0 Å². The van der Waals surface area contributed by atoms with E-state index in [0.29, 0.717) is 24.5 Å². The Kier molecular flexibility index (Phi) is 7.13. The van der Waals surface area contributed by atoms with Gasteiger partial charge in [0.05, 0.1) is 6.61 Å². The number of rotatable bonds is 7. The number of hydrazine groups is 1. The van der Waals surface area contributed by atoms with Crippen molar-refractivity contribution in [2.45, 2.75) is 20.3 Å². The van der Waals surface area contributed by atoms with Gasteiger partial charge in [0.15, 0.2) is 0 Å². The predicted molar refractivity (Wildman–Crippen MR) is 74.3 cm³/mol. The highest BCUT2D eigenvalue weighted by Gasteiger charge is 2.07. The summed E-state index contributed by atoms with van der Waals surface area (Å²) in [4.78, 5) is 23.0. The molecule has 0 aliphatic heterocycles. The van der Waals surface area contributed by atoms with E-state index in [1.165, 1.54) is 0 Å². The Hall–Kier alpha value is -2.08. The van der Waals surface area contributed by atoms with Crippen molar-refractivity contribution in [2.24, 2.45) is 0 Å². The lowest BCUT2D eigenvalue weighted by Crippen LogP contribution is -2.43. The van der Waals surface area contributed by atoms with Gasteiger partial charge in [-0.1, -0.05) is 6.92 Å². The van der Waals surface area contributed by atoms with Crippen molar-refractivity contribution >= 4 is 11.8 Å². The standard InChI is InChI=1S/C14H20N2O4/c1-3-9-20-12-7-5-11(6-8-12)14(18)16-15-13(17)10-19-4-2/h5-8H,3-4,9-10H2,1-2H3,(H,15,17)(H,16,18). The first-order chi connectivity index (χ1) is 9.67. The molecule has 0 aromatic heterocycles. The maximum absolute atomic E-state index is 11.7.